The highest BCUT2D eigenvalue weighted by molar-refractivity contribution is 6.34. The van der Waals surface area contributed by atoms with Crippen LogP contribution in [0.15, 0.2) is 18.2 Å². The lowest BCUT2D eigenvalue weighted by Gasteiger charge is -2.08. The Bertz CT molecular complexity index is 1000. The third-order valence-corrected chi connectivity index (χ3v) is 3.56. The van der Waals surface area contributed by atoms with E-state index in [2.05, 4.69) is 5.32 Å². The van der Waals surface area contributed by atoms with Crippen molar-refractivity contribution in [1.82, 2.24) is 4.57 Å². The average molecular weight is 330 g/mol. The molecule has 7 heteroatoms. The highest BCUT2D eigenvalue weighted by atomic mass is 19.1. The molecule has 0 saturated carbocycles. The highest BCUT2D eigenvalue weighted by Gasteiger charge is 2.24. The maximum Gasteiger partial charge on any atom is 0.272 e. The van der Waals surface area contributed by atoms with E-state index in [1.54, 1.807) is 6.07 Å². The van der Waals surface area contributed by atoms with E-state index in [1.165, 1.54) is 19.9 Å². The van der Waals surface area contributed by atoms with Gasteiger partial charge in [0.05, 0.1) is 5.56 Å². The van der Waals surface area contributed by atoms with Crippen LogP contribution in [-0.2, 0) is 11.8 Å². The van der Waals surface area contributed by atoms with Gasteiger partial charge in [0.2, 0.25) is 5.78 Å². The maximum absolute atomic E-state index is 13.4. The molecule has 0 spiro atoms. The minimum absolute atomic E-state index is 0.0286. The van der Waals surface area contributed by atoms with Crippen molar-refractivity contribution in [3.63, 3.8) is 0 Å². The summed E-state index contributed by atoms with van der Waals surface area (Å²) in [4.78, 5) is 35.5. The van der Waals surface area contributed by atoms with Gasteiger partial charge in [-0.2, -0.15) is 5.26 Å². The van der Waals surface area contributed by atoms with E-state index < -0.39 is 24.5 Å². The number of hydrogen-bond acceptors (Lipinski definition) is 4. The van der Waals surface area contributed by atoms with Crippen LogP contribution in [0.2, 0.25) is 0 Å². The van der Waals surface area contributed by atoms with Gasteiger partial charge < -0.3 is 9.88 Å². The lowest BCUT2D eigenvalue weighted by molar-refractivity contribution is -0.104. The van der Waals surface area contributed by atoms with Gasteiger partial charge in [-0.05, 0) is 37.6 Å². The number of aldehydes is 1. The molecule has 122 valence electrons. The highest BCUT2D eigenvalue weighted by Crippen LogP contribution is 2.23. The Morgan fingerprint density at radius 2 is 2.12 bits per heavy atom. The van der Waals surface area contributed by atoms with Gasteiger partial charge in [0.1, 0.15) is 17.6 Å². The minimum atomic E-state index is -2.79. The van der Waals surface area contributed by atoms with E-state index in [-0.39, 0.29) is 40.1 Å². The SMILES string of the molecule is [2H]C([2H])([2H])n1c(C)c(C(=O)C=O)c(C)c1C(=O)Nc1ccc(F)c(C#N)c1. The lowest BCUT2D eigenvalue weighted by atomic mass is 10.1. The van der Waals surface area contributed by atoms with E-state index in [0.717, 1.165) is 12.1 Å². The van der Waals surface area contributed by atoms with Crippen molar-refractivity contribution >= 4 is 23.7 Å². The largest absolute Gasteiger partial charge is 0.343 e. The van der Waals surface area contributed by atoms with E-state index in [4.69, 9.17) is 9.37 Å². The molecule has 0 bridgehead atoms. The second kappa shape index (κ2) is 6.46. The molecule has 0 saturated heterocycles. The van der Waals surface area contributed by atoms with Crippen LogP contribution < -0.4 is 5.32 Å². The van der Waals surface area contributed by atoms with Crippen LogP contribution in [0.3, 0.4) is 0 Å². The Kier molecular flexibility index (Phi) is 3.55. The molecule has 0 aliphatic rings. The molecule has 1 aromatic heterocycles. The zero-order valence-corrected chi connectivity index (χ0v) is 12.8. The van der Waals surface area contributed by atoms with Crippen molar-refractivity contribution in [3.8, 4) is 6.07 Å². The number of amides is 1. The van der Waals surface area contributed by atoms with E-state index in [9.17, 15) is 18.8 Å². The Morgan fingerprint density at radius 1 is 1.42 bits per heavy atom. The van der Waals surface area contributed by atoms with Gasteiger partial charge in [-0.3, -0.25) is 14.4 Å². The smallest absolute Gasteiger partial charge is 0.272 e. The minimum Gasteiger partial charge on any atom is -0.343 e. The van der Waals surface area contributed by atoms with Crippen molar-refractivity contribution < 1.29 is 22.9 Å². The molecule has 2 rings (SSSR count). The van der Waals surface area contributed by atoms with Crippen molar-refractivity contribution in [1.29, 1.82) is 5.26 Å². The summed E-state index contributed by atoms with van der Waals surface area (Å²) in [6.07, 6.45) is 0.0417. The number of carbonyl (C=O) groups is 3. The van der Waals surface area contributed by atoms with Crippen LogP contribution in [-0.4, -0.2) is 22.5 Å². The first-order chi connectivity index (χ1) is 12.5. The molecule has 0 aliphatic heterocycles. The Morgan fingerprint density at radius 3 is 2.71 bits per heavy atom. The number of carbonyl (C=O) groups excluding carboxylic acids is 3. The molecular formula is C17H14FN3O3. The number of Topliss-reactive ketones (excluding diaryl/α,β-unsaturated/α-hetero) is 1. The van der Waals surface area contributed by atoms with E-state index in [1.807, 2.05) is 0 Å². The molecule has 1 N–H and O–H groups in total. The summed E-state index contributed by atoms with van der Waals surface area (Å²) in [6, 6.07) is 4.91. The maximum atomic E-state index is 13.4. The van der Waals surface area contributed by atoms with Gasteiger partial charge in [0, 0.05) is 28.0 Å². The fourth-order valence-electron chi connectivity index (χ4n) is 2.41. The third kappa shape index (κ3) is 2.82. The summed E-state index contributed by atoms with van der Waals surface area (Å²) in [7, 11) is 0. The summed E-state index contributed by atoms with van der Waals surface area (Å²) in [5.74, 6) is -2.60. The molecule has 0 aliphatic carbocycles. The predicted molar refractivity (Wildman–Crippen MR) is 84.3 cm³/mol. The van der Waals surface area contributed by atoms with Crippen molar-refractivity contribution in [3.05, 3.63) is 52.1 Å². The number of aromatic nitrogens is 1. The molecule has 0 radical (unpaired) electrons. The summed E-state index contributed by atoms with van der Waals surface area (Å²) >= 11 is 0. The molecule has 0 atom stereocenters. The first-order valence-corrected chi connectivity index (χ1v) is 6.75. The molecule has 1 heterocycles. The van der Waals surface area contributed by atoms with Gasteiger partial charge in [-0.1, -0.05) is 0 Å². The fourth-order valence-corrected chi connectivity index (χ4v) is 2.41. The monoisotopic (exact) mass is 330 g/mol. The first-order valence-electron chi connectivity index (χ1n) is 8.25. The zero-order chi connectivity index (χ0) is 20.5. The number of hydrogen-bond donors (Lipinski definition) is 1. The van der Waals surface area contributed by atoms with Crippen molar-refractivity contribution in [2.75, 3.05) is 5.32 Å². The van der Waals surface area contributed by atoms with Crippen LogP contribution in [0.4, 0.5) is 10.1 Å². The van der Waals surface area contributed by atoms with Gasteiger partial charge in [0.15, 0.2) is 6.29 Å². The zero-order valence-electron chi connectivity index (χ0n) is 15.8. The van der Waals surface area contributed by atoms with Crippen LogP contribution in [0, 0.1) is 31.0 Å². The van der Waals surface area contributed by atoms with E-state index >= 15 is 0 Å². The Labute approximate surface area is 141 Å². The van der Waals surface area contributed by atoms with Crippen molar-refractivity contribution in [2.45, 2.75) is 13.8 Å². The summed E-state index contributed by atoms with van der Waals surface area (Å²) in [5.41, 5.74) is -0.753. The number of nitriles is 1. The van der Waals surface area contributed by atoms with Gasteiger partial charge in [-0.15, -0.1) is 0 Å². The van der Waals surface area contributed by atoms with Gasteiger partial charge in [0.25, 0.3) is 5.91 Å². The second-order valence-electron chi connectivity index (χ2n) is 5.01. The number of benzene rings is 1. The van der Waals surface area contributed by atoms with E-state index in [0.29, 0.717) is 4.57 Å². The molecular weight excluding hydrogens is 313 g/mol. The lowest BCUT2D eigenvalue weighted by Crippen LogP contribution is -2.17. The predicted octanol–water partition coefficient (Wildman–Crippen LogP) is 2.29. The van der Waals surface area contributed by atoms with Crippen LogP contribution in [0.1, 0.15) is 41.8 Å². The molecule has 24 heavy (non-hydrogen) atoms. The molecule has 6 nitrogen and oxygen atoms in total. The molecule has 1 amide bonds. The summed E-state index contributed by atoms with van der Waals surface area (Å²) in [5, 5.41) is 11.2. The topological polar surface area (TPSA) is 92.0 Å². The molecule has 0 unspecified atom stereocenters. The third-order valence-electron chi connectivity index (χ3n) is 3.56. The number of halogens is 1. The van der Waals surface area contributed by atoms with Gasteiger partial charge >= 0.3 is 0 Å². The Hall–Kier alpha value is -3.27. The molecule has 2 aromatic rings. The van der Waals surface area contributed by atoms with Crippen LogP contribution in [0.25, 0.3) is 0 Å². The first kappa shape index (κ1) is 13.2. The number of ketones is 1. The number of rotatable bonds is 4. The average Bonchev–Trinajstić information content (AvgIpc) is 2.86. The molecule has 1 aromatic carbocycles. The number of nitrogens with zero attached hydrogens (tertiary/aromatic N) is 2. The van der Waals surface area contributed by atoms with Gasteiger partial charge in [-0.25, -0.2) is 4.39 Å². The number of nitrogens with one attached hydrogen (secondary N) is 1. The normalized spacial score (nSPS) is 12.5. The molecule has 0 fully saturated rings. The summed E-state index contributed by atoms with van der Waals surface area (Å²) < 4.78 is 37.1. The van der Waals surface area contributed by atoms with Crippen LogP contribution >= 0.6 is 0 Å². The second-order valence-corrected chi connectivity index (χ2v) is 5.01. The number of anilines is 1. The van der Waals surface area contributed by atoms with Crippen LogP contribution in [0.5, 0.6) is 0 Å². The standard InChI is InChI=1S/C17H14FN3O3/c1-9-15(14(23)8-22)10(2)21(3)16(9)17(24)20-12-4-5-13(18)11(6-12)7-19/h4-6,8H,1-3H3,(H,20,24)/i3D3. The fraction of sp³-hybridized carbons (Fsp3) is 0.176. The summed E-state index contributed by atoms with van der Waals surface area (Å²) in [6.45, 7) is -0.117. The Balaban J connectivity index is 2.60. The van der Waals surface area contributed by atoms with Crippen molar-refractivity contribution in [2.24, 2.45) is 6.98 Å². The quantitative estimate of drug-likeness (QED) is 0.529.